The summed E-state index contributed by atoms with van der Waals surface area (Å²) >= 11 is 8.66. The molecule has 0 atom stereocenters. The van der Waals surface area contributed by atoms with Crippen molar-refractivity contribution in [3.63, 3.8) is 0 Å². The summed E-state index contributed by atoms with van der Waals surface area (Å²) in [6.45, 7) is 0. The van der Waals surface area contributed by atoms with Gasteiger partial charge in [0.25, 0.3) is 0 Å². The Morgan fingerprint density at radius 2 is 0.875 bits per heavy atom. The molecule has 2 aromatic rings. The summed E-state index contributed by atoms with van der Waals surface area (Å²) in [5.74, 6) is 5.10. The molecule has 126 valence electrons. The third kappa shape index (κ3) is 3.40. The zero-order chi connectivity index (χ0) is 16.3. The minimum Gasteiger partial charge on any atom is -0.139 e. The van der Waals surface area contributed by atoms with Crippen LogP contribution in [-0.4, -0.2) is 23.0 Å². The third-order valence-electron chi connectivity index (χ3n) is 4.72. The van der Waals surface area contributed by atoms with E-state index in [0.29, 0.717) is 0 Å². The predicted octanol–water partition coefficient (Wildman–Crippen LogP) is 6.43. The second kappa shape index (κ2) is 7.61. The van der Waals surface area contributed by atoms with Crippen LogP contribution >= 0.6 is 47.0 Å². The fourth-order valence-electron chi connectivity index (χ4n) is 3.53. The van der Waals surface area contributed by atoms with Crippen LogP contribution in [0.5, 0.6) is 0 Å². The van der Waals surface area contributed by atoms with Crippen LogP contribution in [0.15, 0.2) is 60.7 Å². The summed E-state index contributed by atoms with van der Waals surface area (Å²) in [6, 6.07) is 22.4. The summed E-state index contributed by atoms with van der Waals surface area (Å²) in [5, 5.41) is 0. The highest BCUT2D eigenvalue weighted by atomic mass is 32.2. The first-order valence-corrected chi connectivity index (χ1v) is 12.4. The Morgan fingerprint density at radius 1 is 0.542 bits per heavy atom. The lowest BCUT2D eigenvalue weighted by Crippen LogP contribution is -2.21. The van der Waals surface area contributed by atoms with Crippen LogP contribution < -0.4 is 0 Å². The first kappa shape index (κ1) is 17.3. The lowest BCUT2D eigenvalue weighted by atomic mass is 10.0. The molecule has 2 saturated heterocycles. The Kier molecular flexibility index (Phi) is 5.47. The highest BCUT2D eigenvalue weighted by molar-refractivity contribution is 8.21. The van der Waals surface area contributed by atoms with E-state index in [-0.39, 0.29) is 8.16 Å². The fourth-order valence-corrected chi connectivity index (χ4v) is 10.0. The Balaban J connectivity index is 1.59. The van der Waals surface area contributed by atoms with Gasteiger partial charge in [-0.1, -0.05) is 60.7 Å². The molecule has 0 bridgehead atoms. The molecule has 2 aliphatic rings. The lowest BCUT2D eigenvalue weighted by molar-refractivity contribution is 0.658. The molecule has 0 saturated carbocycles. The molecule has 2 aliphatic heterocycles. The average Bonchev–Trinajstić information content (AvgIpc) is 3.33. The van der Waals surface area contributed by atoms with E-state index in [0.717, 1.165) is 0 Å². The van der Waals surface area contributed by atoms with Gasteiger partial charge in [0.2, 0.25) is 0 Å². The first-order chi connectivity index (χ1) is 11.8. The molecule has 2 fully saturated rings. The molecule has 2 aromatic carbocycles. The van der Waals surface area contributed by atoms with Crippen molar-refractivity contribution in [3.05, 3.63) is 71.8 Å². The van der Waals surface area contributed by atoms with Crippen LogP contribution in [0.4, 0.5) is 0 Å². The molecule has 2 heterocycles. The van der Waals surface area contributed by atoms with E-state index in [1.54, 1.807) is 0 Å². The fraction of sp³-hybridized carbons (Fsp3) is 0.400. The van der Waals surface area contributed by atoms with Gasteiger partial charge in [-0.3, -0.25) is 0 Å². The minimum atomic E-state index is 0.257. The lowest BCUT2D eigenvalue weighted by Gasteiger charge is -2.34. The molecule has 0 unspecified atom stereocenters. The van der Waals surface area contributed by atoms with Crippen molar-refractivity contribution in [3.8, 4) is 0 Å². The van der Waals surface area contributed by atoms with E-state index in [4.69, 9.17) is 0 Å². The predicted molar refractivity (Wildman–Crippen MR) is 115 cm³/mol. The summed E-state index contributed by atoms with van der Waals surface area (Å²) in [5.41, 5.74) is 3.02. The van der Waals surface area contributed by atoms with Crippen molar-refractivity contribution in [2.24, 2.45) is 0 Å². The molecule has 4 heteroatoms. The van der Waals surface area contributed by atoms with Gasteiger partial charge in [-0.25, -0.2) is 0 Å². The van der Waals surface area contributed by atoms with E-state index in [1.807, 2.05) is 0 Å². The zero-order valence-electron chi connectivity index (χ0n) is 13.6. The molecular weight excluding hydrogens is 368 g/mol. The summed E-state index contributed by atoms with van der Waals surface area (Å²) in [7, 11) is 0. The summed E-state index contributed by atoms with van der Waals surface area (Å²) in [4.78, 5) is 0. The van der Waals surface area contributed by atoms with Gasteiger partial charge in [-0.15, -0.1) is 47.0 Å². The van der Waals surface area contributed by atoms with Crippen LogP contribution in [0.3, 0.4) is 0 Å². The molecule has 0 N–H and O–H groups in total. The van der Waals surface area contributed by atoms with Gasteiger partial charge in [0.1, 0.15) is 0 Å². The molecule has 0 amide bonds. The highest BCUT2D eigenvalue weighted by Crippen LogP contribution is 2.60. The van der Waals surface area contributed by atoms with Crippen molar-refractivity contribution in [2.75, 3.05) is 23.0 Å². The number of rotatable bonds is 5. The van der Waals surface area contributed by atoms with Gasteiger partial charge in [-0.2, -0.15) is 0 Å². The van der Waals surface area contributed by atoms with E-state index in [2.05, 4.69) is 108 Å². The Bertz CT molecular complexity index is 584. The number of thioether (sulfide) groups is 4. The van der Waals surface area contributed by atoms with Crippen molar-refractivity contribution >= 4 is 47.0 Å². The van der Waals surface area contributed by atoms with Crippen LogP contribution in [0.2, 0.25) is 0 Å². The van der Waals surface area contributed by atoms with Crippen LogP contribution in [0.1, 0.15) is 24.0 Å². The van der Waals surface area contributed by atoms with Gasteiger partial charge < -0.3 is 0 Å². The Hall–Kier alpha value is -0.160. The minimum absolute atomic E-state index is 0.257. The molecule has 0 radical (unpaired) electrons. The maximum atomic E-state index is 2.33. The summed E-state index contributed by atoms with van der Waals surface area (Å²) < 4.78 is 0.513. The molecule has 24 heavy (non-hydrogen) atoms. The molecule has 4 rings (SSSR count). The quantitative estimate of drug-likeness (QED) is 0.576. The number of hydrogen-bond donors (Lipinski definition) is 0. The molecular formula is C20H22S4. The van der Waals surface area contributed by atoms with Crippen molar-refractivity contribution in [1.29, 1.82) is 0 Å². The van der Waals surface area contributed by atoms with Crippen molar-refractivity contribution in [1.82, 2.24) is 0 Å². The third-order valence-corrected chi connectivity index (χ3v) is 11.9. The average molecular weight is 391 g/mol. The molecule has 0 aliphatic carbocycles. The zero-order valence-corrected chi connectivity index (χ0v) is 16.9. The van der Waals surface area contributed by atoms with E-state index in [1.165, 1.54) is 47.0 Å². The van der Waals surface area contributed by atoms with Crippen molar-refractivity contribution < 1.29 is 0 Å². The first-order valence-electron chi connectivity index (χ1n) is 8.50. The standard InChI is InChI=1S/C20H22S4/c1-3-7-17(8-4-1)19(21-13-14-22-19)11-12-20(23-15-16-24-20)18-9-5-2-6-10-18/h1-10H,11-16H2. The number of benzene rings is 2. The topological polar surface area (TPSA) is 0 Å². The second-order valence-corrected chi connectivity index (χ2v) is 12.2. The Morgan fingerprint density at radius 3 is 1.21 bits per heavy atom. The second-order valence-electron chi connectivity index (χ2n) is 6.13. The number of hydrogen-bond acceptors (Lipinski definition) is 4. The van der Waals surface area contributed by atoms with Crippen molar-refractivity contribution in [2.45, 2.75) is 21.0 Å². The molecule has 0 aromatic heterocycles. The highest BCUT2D eigenvalue weighted by Gasteiger charge is 2.43. The van der Waals surface area contributed by atoms with E-state index < -0.39 is 0 Å². The smallest absolute Gasteiger partial charge is 0.0861 e. The van der Waals surface area contributed by atoms with Crippen LogP contribution in [-0.2, 0) is 8.16 Å². The van der Waals surface area contributed by atoms with Crippen LogP contribution in [0, 0.1) is 0 Å². The van der Waals surface area contributed by atoms with Gasteiger partial charge in [0, 0.05) is 23.0 Å². The van der Waals surface area contributed by atoms with E-state index >= 15 is 0 Å². The summed E-state index contributed by atoms with van der Waals surface area (Å²) in [6.07, 6.45) is 2.50. The van der Waals surface area contributed by atoms with Gasteiger partial charge in [0.05, 0.1) is 8.16 Å². The SMILES string of the molecule is c1ccc(C2(CCC3(c4ccccc4)SCCS3)SCCS2)cc1. The van der Waals surface area contributed by atoms with E-state index in [9.17, 15) is 0 Å². The van der Waals surface area contributed by atoms with Gasteiger partial charge in [0.15, 0.2) is 0 Å². The van der Waals surface area contributed by atoms with Gasteiger partial charge in [-0.05, 0) is 24.0 Å². The largest absolute Gasteiger partial charge is 0.139 e. The maximum Gasteiger partial charge on any atom is 0.0861 e. The van der Waals surface area contributed by atoms with Crippen LogP contribution in [0.25, 0.3) is 0 Å². The maximum absolute atomic E-state index is 2.33. The monoisotopic (exact) mass is 390 g/mol. The molecule has 0 nitrogen and oxygen atoms in total. The van der Waals surface area contributed by atoms with Gasteiger partial charge >= 0.3 is 0 Å². The normalized spacial score (nSPS) is 21.8. The Labute approximate surface area is 162 Å². The molecule has 0 spiro atoms.